The molecule has 2 unspecified atom stereocenters. The molecule has 4 heteroatoms. The van der Waals surface area contributed by atoms with E-state index in [1.807, 2.05) is 25.1 Å². The van der Waals surface area contributed by atoms with E-state index in [2.05, 4.69) is 5.32 Å². The van der Waals surface area contributed by atoms with Crippen molar-refractivity contribution in [2.75, 3.05) is 14.2 Å². The Labute approximate surface area is 101 Å². The number of methoxy groups -OCH3 is 1. The molecule has 1 fully saturated rings. The molecule has 17 heavy (non-hydrogen) atoms. The van der Waals surface area contributed by atoms with Gasteiger partial charge in [-0.15, -0.1) is 0 Å². The highest BCUT2D eigenvalue weighted by molar-refractivity contribution is 5.85. The molecule has 1 aliphatic rings. The van der Waals surface area contributed by atoms with Crippen LogP contribution in [0.5, 0.6) is 5.75 Å². The molecule has 1 aromatic carbocycles. The van der Waals surface area contributed by atoms with Gasteiger partial charge in [0.15, 0.2) is 0 Å². The van der Waals surface area contributed by atoms with Gasteiger partial charge in [-0.05, 0) is 32.0 Å². The molecule has 0 amide bonds. The smallest absolute Gasteiger partial charge is 0.324 e. The first-order chi connectivity index (χ1) is 8.05. The number of aliphatic carboxylic acids is 1. The third-order valence-corrected chi connectivity index (χ3v) is 3.55. The van der Waals surface area contributed by atoms with Gasteiger partial charge in [-0.25, -0.2) is 0 Å². The van der Waals surface area contributed by atoms with Gasteiger partial charge in [0, 0.05) is 5.92 Å². The van der Waals surface area contributed by atoms with Crippen LogP contribution in [0.3, 0.4) is 0 Å². The number of carbonyl (C=O) groups is 1. The summed E-state index contributed by atoms with van der Waals surface area (Å²) in [6.45, 7) is 1.99. The number of aryl methyl sites for hydroxylation is 1. The molecule has 0 spiro atoms. The summed E-state index contributed by atoms with van der Waals surface area (Å²) in [5, 5.41) is 12.2. The molecule has 92 valence electrons. The lowest BCUT2D eigenvalue weighted by Gasteiger charge is -2.14. The highest BCUT2D eigenvalue weighted by atomic mass is 16.5. The number of hydrogen-bond donors (Lipinski definition) is 2. The van der Waals surface area contributed by atoms with Crippen LogP contribution in [-0.4, -0.2) is 30.8 Å². The van der Waals surface area contributed by atoms with Crippen molar-refractivity contribution in [3.05, 3.63) is 29.3 Å². The van der Waals surface area contributed by atoms with Gasteiger partial charge < -0.3 is 15.2 Å². The summed E-state index contributed by atoms with van der Waals surface area (Å²) in [6.07, 6.45) is 0.610. The van der Waals surface area contributed by atoms with Crippen LogP contribution in [0.4, 0.5) is 0 Å². The Balaban J connectivity index is 2.37. The zero-order chi connectivity index (χ0) is 12.6. The highest BCUT2D eigenvalue weighted by Crippen LogP contribution is 2.53. The normalized spacial score (nSPS) is 26.6. The van der Waals surface area contributed by atoms with Gasteiger partial charge >= 0.3 is 5.97 Å². The molecule has 0 aliphatic heterocycles. The summed E-state index contributed by atoms with van der Waals surface area (Å²) in [7, 11) is 3.30. The van der Waals surface area contributed by atoms with Crippen molar-refractivity contribution in [3.8, 4) is 5.75 Å². The maximum atomic E-state index is 11.3. The van der Waals surface area contributed by atoms with Crippen molar-refractivity contribution in [2.24, 2.45) is 0 Å². The maximum Gasteiger partial charge on any atom is 0.324 e. The molecule has 1 aliphatic carbocycles. The molecule has 2 atom stereocenters. The zero-order valence-electron chi connectivity index (χ0n) is 10.3. The second kappa shape index (κ2) is 4.04. The minimum atomic E-state index is -0.818. The van der Waals surface area contributed by atoms with Crippen molar-refractivity contribution in [2.45, 2.75) is 24.8 Å². The Morgan fingerprint density at radius 1 is 1.59 bits per heavy atom. The number of rotatable bonds is 4. The van der Waals surface area contributed by atoms with Crippen LogP contribution < -0.4 is 10.1 Å². The number of carboxylic acid groups (broad SMARTS) is 1. The standard InChI is InChI=1S/C13H17NO3/c1-8-4-5-11(17-3)9(6-8)10-7-13(10,14-2)12(15)16/h4-6,10,14H,7H2,1-3H3,(H,15,16). The predicted molar refractivity (Wildman–Crippen MR) is 64.5 cm³/mol. The lowest BCUT2D eigenvalue weighted by atomic mass is 10.0. The quantitative estimate of drug-likeness (QED) is 0.831. The Morgan fingerprint density at radius 3 is 2.76 bits per heavy atom. The Kier molecular flexibility index (Phi) is 2.83. The van der Waals surface area contributed by atoms with Gasteiger partial charge in [0.1, 0.15) is 11.3 Å². The second-order valence-electron chi connectivity index (χ2n) is 4.53. The van der Waals surface area contributed by atoms with E-state index in [0.717, 1.165) is 16.9 Å². The average molecular weight is 235 g/mol. The van der Waals surface area contributed by atoms with Gasteiger partial charge in [0.2, 0.25) is 0 Å². The third-order valence-electron chi connectivity index (χ3n) is 3.55. The molecule has 1 aromatic rings. The zero-order valence-corrected chi connectivity index (χ0v) is 10.3. The predicted octanol–water partition coefficient (Wildman–Crippen LogP) is 1.53. The van der Waals surface area contributed by atoms with E-state index < -0.39 is 11.5 Å². The first kappa shape index (κ1) is 11.9. The molecule has 2 N–H and O–H groups in total. The Morgan fingerprint density at radius 2 is 2.29 bits per heavy atom. The fraction of sp³-hybridized carbons (Fsp3) is 0.462. The number of benzene rings is 1. The van der Waals surface area contributed by atoms with Crippen molar-refractivity contribution >= 4 is 5.97 Å². The summed E-state index contributed by atoms with van der Waals surface area (Å²) in [6, 6.07) is 5.86. The number of hydrogen-bond acceptors (Lipinski definition) is 3. The topological polar surface area (TPSA) is 58.6 Å². The van der Waals surface area contributed by atoms with Gasteiger partial charge in [-0.3, -0.25) is 4.79 Å². The van der Waals surface area contributed by atoms with Crippen LogP contribution in [0, 0.1) is 6.92 Å². The summed E-state index contributed by atoms with van der Waals surface area (Å²) >= 11 is 0. The van der Waals surface area contributed by atoms with E-state index in [4.69, 9.17) is 4.74 Å². The lowest BCUT2D eigenvalue weighted by Crippen LogP contribution is -2.38. The highest BCUT2D eigenvalue weighted by Gasteiger charge is 2.61. The Bertz CT molecular complexity index is 458. The second-order valence-corrected chi connectivity index (χ2v) is 4.53. The van der Waals surface area contributed by atoms with Crippen molar-refractivity contribution in [1.82, 2.24) is 5.32 Å². The molecular weight excluding hydrogens is 218 g/mol. The van der Waals surface area contributed by atoms with Crippen LogP contribution in [0.2, 0.25) is 0 Å². The minimum Gasteiger partial charge on any atom is -0.496 e. The molecule has 4 nitrogen and oxygen atoms in total. The molecule has 0 saturated heterocycles. The molecule has 2 rings (SSSR count). The van der Waals surface area contributed by atoms with E-state index in [9.17, 15) is 9.90 Å². The van der Waals surface area contributed by atoms with Crippen LogP contribution >= 0.6 is 0 Å². The first-order valence-electron chi connectivity index (χ1n) is 5.62. The van der Waals surface area contributed by atoms with Gasteiger partial charge in [-0.2, -0.15) is 0 Å². The summed E-state index contributed by atoms with van der Waals surface area (Å²) in [5.74, 6) is -0.0487. The van der Waals surface area contributed by atoms with Crippen LogP contribution in [0.15, 0.2) is 18.2 Å². The number of likely N-dealkylation sites (N-methyl/N-ethyl adjacent to an activating group) is 1. The van der Waals surface area contributed by atoms with E-state index in [1.165, 1.54) is 0 Å². The Hall–Kier alpha value is -1.55. The molecule has 0 heterocycles. The number of nitrogens with one attached hydrogen (secondary N) is 1. The number of ether oxygens (including phenoxy) is 1. The average Bonchev–Trinajstić information content (AvgIpc) is 3.04. The van der Waals surface area contributed by atoms with Crippen molar-refractivity contribution in [3.63, 3.8) is 0 Å². The van der Waals surface area contributed by atoms with E-state index in [-0.39, 0.29) is 5.92 Å². The lowest BCUT2D eigenvalue weighted by molar-refractivity contribution is -0.140. The SMILES string of the molecule is CNC1(C(=O)O)CC1c1cc(C)ccc1OC. The largest absolute Gasteiger partial charge is 0.496 e. The van der Waals surface area contributed by atoms with Crippen LogP contribution in [0.1, 0.15) is 23.5 Å². The van der Waals surface area contributed by atoms with Crippen molar-refractivity contribution < 1.29 is 14.6 Å². The van der Waals surface area contributed by atoms with Gasteiger partial charge in [0.25, 0.3) is 0 Å². The summed E-state index contributed by atoms with van der Waals surface area (Å²) < 4.78 is 5.30. The monoisotopic (exact) mass is 235 g/mol. The van der Waals surface area contributed by atoms with Crippen LogP contribution in [-0.2, 0) is 4.79 Å². The van der Waals surface area contributed by atoms with Crippen LogP contribution in [0.25, 0.3) is 0 Å². The molecule has 1 saturated carbocycles. The van der Waals surface area contributed by atoms with Crippen molar-refractivity contribution in [1.29, 1.82) is 0 Å². The molecular formula is C13H17NO3. The minimum absolute atomic E-state index is 0.0140. The third kappa shape index (κ3) is 1.78. The number of carboxylic acids is 1. The van der Waals surface area contributed by atoms with E-state index in [1.54, 1.807) is 14.2 Å². The van der Waals surface area contributed by atoms with Gasteiger partial charge in [0.05, 0.1) is 7.11 Å². The maximum absolute atomic E-state index is 11.3. The van der Waals surface area contributed by atoms with E-state index >= 15 is 0 Å². The van der Waals surface area contributed by atoms with E-state index in [0.29, 0.717) is 6.42 Å². The summed E-state index contributed by atoms with van der Waals surface area (Å²) in [5.41, 5.74) is 1.27. The molecule has 0 radical (unpaired) electrons. The first-order valence-corrected chi connectivity index (χ1v) is 5.62. The molecule has 0 bridgehead atoms. The fourth-order valence-electron chi connectivity index (χ4n) is 2.38. The van der Waals surface area contributed by atoms with Gasteiger partial charge in [-0.1, -0.05) is 17.7 Å². The summed E-state index contributed by atoms with van der Waals surface area (Å²) in [4.78, 5) is 11.3. The molecule has 0 aromatic heterocycles. The fourth-order valence-corrected chi connectivity index (χ4v) is 2.38.